The normalized spacial score (nSPS) is 9.83. The molecule has 148 valence electrons. The Bertz CT molecular complexity index is 1100. The Kier molecular flexibility index (Phi) is 6.54. The van der Waals surface area contributed by atoms with Crippen molar-refractivity contribution in [3.63, 3.8) is 0 Å². The number of hydrogen-bond acceptors (Lipinski definition) is 5. The fraction of sp³-hybridized carbons (Fsp3) is 0.0435. The van der Waals surface area contributed by atoms with Crippen LogP contribution in [-0.2, 0) is 11.2 Å². The summed E-state index contributed by atoms with van der Waals surface area (Å²) in [6.07, 6.45) is 2.99. The van der Waals surface area contributed by atoms with Gasteiger partial charge < -0.3 is 15.4 Å². The maximum absolute atomic E-state index is 12.5. The summed E-state index contributed by atoms with van der Waals surface area (Å²) < 4.78 is 5.66. The highest BCUT2D eigenvalue weighted by Gasteiger charge is 2.08. The molecule has 1 aromatic heterocycles. The van der Waals surface area contributed by atoms with Crippen molar-refractivity contribution < 1.29 is 14.3 Å². The molecule has 2 amide bonds. The molecule has 7 heteroatoms. The molecule has 0 aliphatic rings. The molecule has 0 saturated heterocycles. The highest BCUT2D eigenvalue weighted by molar-refractivity contribution is 6.05. The van der Waals surface area contributed by atoms with E-state index >= 15 is 0 Å². The van der Waals surface area contributed by atoms with Crippen LogP contribution in [0.3, 0.4) is 0 Å². The molecular weight excluding hydrogens is 380 g/mol. The quantitative estimate of drug-likeness (QED) is 0.577. The number of hydrogen-bond donors (Lipinski definition) is 2. The predicted octanol–water partition coefficient (Wildman–Crippen LogP) is 4.32. The number of rotatable bonds is 7. The van der Waals surface area contributed by atoms with E-state index in [0.29, 0.717) is 35.0 Å². The first-order valence-electron chi connectivity index (χ1n) is 9.02. The number of aromatic nitrogens is 1. The van der Waals surface area contributed by atoms with Crippen LogP contribution in [0.5, 0.6) is 11.6 Å². The average molecular weight is 398 g/mol. The molecule has 1 heterocycles. The number of nitrogens with zero attached hydrogens (tertiary/aromatic N) is 2. The van der Waals surface area contributed by atoms with Crippen LogP contribution < -0.4 is 15.4 Å². The highest BCUT2D eigenvalue weighted by Crippen LogP contribution is 2.21. The maximum Gasteiger partial charge on any atom is 0.255 e. The van der Waals surface area contributed by atoms with Gasteiger partial charge in [-0.15, -0.1) is 0 Å². The lowest BCUT2D eigenvalue weighted by Gasteiger charge is -2.09. The van der Waals surface area contributed by atoms with E-state index < -0.39 is 0 Å². The summed E-state index contributed by atoms with van der Waals surface area (Å²) in [6, 6.07) is 19.1. The second-order valence-corrected chi connectivity index (χ2v) is 6.19. The Balaban J connectivity index is 1.62. The summed E-state index contributed by atoms with van der Waals surface area (Å²) in [5.41, 5.74) is 2.28. The van der Waals surface area contributed by atoms with Crippen molar-refractivity contribution in [1.29, 1.82) is 5.26 Å². The molecule has 0 aliphatic heterocycles. The van der Waals surface area contributed by atoms with Gasteiger partial charge in [-0.1, -0.05) is 24.8 Å². The molecule has 2 aromatic carbocycles. The largest absolute Gasteiger partial charge is 0.439 e. The summed E-state index contributed by atoms with van der Waals surface area (Å²) in [4.78, 5) is 28.0. The van der Waals surface area contributed by atoms with Crippen molar-refractivity contribution in [2.75, 3.05) is 10.6 Å². The zero-order valence-corrected chi connectivity index (χ0v) is 16.0. The van der Waals surface area contributed by atoms with Crippen LogP contribution in [0.15, 0.2) is 79.5 Å². The number of nitriles is 1. The van der Waals surface area contributed by atoms with Gasteiger partial charge in [-0.25, -0.2) is 4.98 Å². The Morgan fingerprint density at radius 1 is 1.07 bits per heavy atom. The minimum absolute atomic E-state index is 0.340. The molecule has 0 spiro atoms. The van der Waals surface area contributed by atoms with Gasteiger partial charge in [0.1, 0.15) is 5.75 Å². The van der Waals surface area contributed by atoms with Gasteiger partial charge in [0.05, 0.1) is 24.4 Å². The third-order valence-electron chi connectivity index (χ3n) is 4.00. The van der Waals surface area contributed by atoms with Gasteiger partial charge >= 0.3 is 0 Å². The SMILES string of the molecule is C=CC(=O)Nc1cccc(C(=O)Nc2ccc(Oc3ccc(CC#N)cc3)nc2)c1. The zero-order valence-electron chi connectivity index (χ0n) is 16.0. The van der Waals surface area contributed by atoms with Gasteiger partial charge in [0.25, 0.3) is 5.91 Å². The van der Waals surface area contributed by atoms with Gasteiger partial charge in [0, 0.05) is 17.3 Å². The van der Waals surface area contributed by atoms with Gasteiger partial charge in [-0.3, -0.25) is 9.59 Å². The van der Waals surface area contributed by atoms with Crippen molar-refractivity contribution in [3.05, 3.63) is 90.6 Å². The van der Waals surface area contributed by atoms with Gasteiger partial charge in [-0.2, -0.15) is 5.26 Å². The van der Waals surface area contributed by atoms with Gasteiger partial charge in [0.2, 0.25) is 11.8 Å². The number of benzene rings is 2. The molecule has 0 saturated carbocycles. The highest BCUT2D eigenvalue weighted by atomic mass is 16.5. The minimum atomic E-state index is -0.355. The Morgan fingerprint density at radius 3 is 2.53 bits per heavy atom. The molecule has 2 N–H and O–H groups in total. The lowest BCUT2D eigenvalue weighted by atomic mass is 10.2. The van der Waals surface area contributed by atoms with E-state index in [9.17, 15) is 9.59 Å². The third-order valence-corrected chi connectivity index (χ3v) is 4.00. The number of pyridine rings is 1. The molecule has 30 heavy (non-hydrogen) atoms. The summed E-state index contributed by atoms with van der Waals surface area (Å²) in [7, 11) is 0. The molecule has 0 aliphatic carbocycles. The van der Waals surface area contributed by atoms with Gasteiger partial charge in [0.15, 0.2) is 0 Å². The average Bonchev–Trinajstić information content (AvgIpc) is 2.77. The topological polar surface area (TPSA) is 104 Å². The van der Waals surface area contributed by atoms with Crippen LogP contribution in [0.25, 0.3) is 0 Å². The first kappa shape index (κ1) is 20.3. The molecule has 0 fully saturated rings. The predicted molar refractivity (Wildman–Crippen MR) is 113 cm³/mol. The third kappa shape index (κ3) is 5.53. The number of anilines is 2. The van der Waals surface area contributed by atoms with E-state index in [2.05, 4.69) is 28.3 Å². The first-order chi connectivity index (χ1) is 14.6. The second kappa shape index (κ2) is 9.66. The number of carbonyl (C=O) groups excluding carboxylic acids is 2. The van der Waals surface area contributed by atoms with Crippen molar-refractivity contribution >= 4 is 23.2 Å². The van der Waals surface area contributed by atoms with Crippen molar-refractivity contribution in [3.8, 4) is 17.7 Å². The first-order valence-corrected chi connectivity index (χ1v) is 9.02. The van der Waals surface area contributed by atoms with E-state index in [-0.39, 0.29) is 11.8 Å². The van der Waals surface area contributed by atoms with E-state index in [1.54, 1.807) is 48.5 Å². The molecular formula is C23H18N4O3. The molecule has 3 aromatic rings. The van der Waals surface area contributed by atoms with E-state index in [1.807, 2.05) is 12.1 Å². The fourth-order valence-corrected chi connectivity index (χ4v) is 2.54. The summed E-state index contributed by atoms with van der Waals surface area (Å²) in [5.74, 6) is 0.273. The smallest absolute Gasteiger partial charge is 0.255 e. The van der Waals surface area contributed by atoms with Crippen LogP contribution >= 0.6 is 0 Å². The van der Waals surface area contributed by atoms with E-state index in [1.165, 1.54) is 6.20 Å². The van der Waals surface area contributed by atoms with Crippen molar-refractivity contribution in [2.45, 2.75) is 6.42 Å². The van der Waals surface area contributed by atoms with E-state index in [0.717, 1.165) is 11.6 Å². The summed E-state index contributed by atoms with van der Waals surface area (Å²) in [5, 5.41) is 14.1. The van der Waals surface area contributed by atoms with E-state index in [4.69, 9.17) is 10.00 Å². The molecule has 0 bridgehead atoms. The molecule has 3 rings (SSSR count). The molecule has 0 atom stereocenters. The summed E-state index contributed by atoms with van der Waals surface area (Å²) >= 11 is 0. The fourth-order valence-electron chi connectivity index (χ4n) is 2.54. The molecule has 7 nitrogen and oxygen atoms in total. The minimum Gasteiger partial charge on any atom is -0.439 e. The van der Waals surface area contributed by atoms with Crippen molar-refractivity contribution in [2.24, 2.45) is 0 Å². The Labute approximate surface area is 173 Å². The van der Waals surface area contributed by atoms with Crippen LogP contribution in [0.2, 0.25) is 0 Å². The Hall–Kier alpha value is -4.44. The van der Waals surface area contributed by atoms with Crippen molar-refractivity contribution in [1.82, 2.24) is 4.98 Å². The molecule has 0 radical (unpaired) electrons. The standard InChI is InChI=1S/C23H18N4O3/c1-2-21(28)26-18-5-3-4-17(14-18)23(29)27-19-8-11-22(25-15-19)30-20-9-6-16(7-10-20)12-13-24/h2-11,14-15H,1,12H2,(H,26,28)(H,27,29). The maximum atomic E-state index is 12.5. The number of carbonyl (C=O) groups is 2. The number of ether oxygens (including phenoxy) is 1. The lowest BCUT2D eigenvalue weighted by molar-refractivity contribution is -0.111. The monoisotopic (exact) mass is 398 g/mol. The second-order valence-electron chi connectivity index (χ2n) is 6.19. The Morgan fingerprint density at radius 2 is 1.87 bits per heavy atom. The lowest BCUT2D eigenvalue weighted by Crippen LogP contribution is -2.13. The number of nitrogens with one attached hydrogen (secondary N) is 2. The van der Waals surface area contributed by atoms with Crippen LogP contribution in [0, 0.1) is 11.3 Å². The van der Waals surface area contributed by atoms with Crippen LogP contribution in [-0.4, -0.2) is 16.8 Å². The van der Waals surface area contributed by atoms with Gasteiger partial charge in [-0.05, 0) is 48.0 Å². The van der Waals surface area contributed by atoms with Crippen LogP contribution in [0.1, 0.15) is 15.9 Å². The number of amides is 2. The molecule has 0 unspecified atom stereocenters. The summed E-state index contributed by atoms with van der Waals surface area (Å²) in [6.45, 7) is 3.39. The zero-order chi connectivity index (χ0) is 21.3. The van der Waals surface area contributed by atoms with Crippen LogP contribution in [0.4, 0.5) is 11.4 Å².